The molecule has 1 aromatic heterocycles. The predicted octanol–water partition coefficient (Wildman–Crippen LogP) is 4.84. The van der Waals surface area contributed by atoms with E-state index in [-0.39, 0.29) is 22.9 Å². The van der Waals surface area contributed by atoms with Crippen LogP contribution in [-0.4, -0.2) is 35.9 Å². The molecule has 0 radical (unpaired) electrons. The lowest BCUT2D eigenvalue weighted by molar-refractivity contribution is -0.123. The second-order valence-corrected chi connectivity index (χ2v) is 8.70. The summed E-state index contributed by atoms with van der Waals surface area (Å²) in [6.45, 7) is 0. The van der Waals surface area contributed by atoms with Crippen molar-refractivity contribution >= 4 is 23.5 Å². The van der Waals surface area contributed by atoms with Crippen molar-refractivity contribution in [2.24, 2.45) is 0 Å². The highest BCUT2D eigenvalue weighted by Crippen LogP contribution is 2.32. The zero-order chi connectivity index (χ0) is 25.5. The average molecular weight is 490 g/mol. The van der Waals surface area contributed by atoms with Gasteiger partial charge in [-0.25, -0.2) is 9.18 Å². The third-order valence-electron chi connectivity index (χ3n) is 6.33. The lowest BCUT2D eigenvalue weighted by Crippen LogP contribution is -2.47. The first kappa shape index (κ1) is 25.0. The Morgan fingerprint density at radius 2 is 1.67 bits per heavy atom. The zero-order valence-electron chi connectivity index (χ0n) is 20.0. The highest BCUT2D eigenvalue weighted by Gasteiger charge is 2.36. The third kappa shape index (κ3) is 5.59. The quantitative estimate of drug-likeness (QED) is 0.480. The molecule has 36 heavy (non-hydrogen) atoms. The number of carbonyl (C=O) groups is 3. The standard InChI is InChI=1S/C28H28FN3O4/c1-36-28(35)19-14-16-21(17-15-19)32(27(34)24-13-7-8-18-30-24)25(22-11-5-6-12-23(22)29)26(33)31-20-9-3-2-4-10-20/h5-8,11-18,20,25H,2-4,9-10H2,1H3,(H,31,33). The summed E-state index contributed by atoms with van der Waals surface area (Å²) in [6, 6.07) is 15.5. The van der Waals surface area contributed by atoms with Crippen LogP contribution in [0.4, 0.5) is 10.1 Å². The van der Waals surface area contributed by atoms with Gasteiger partial charge in [-0.3, -0.25) is 19.5 Å². The van der Waals surface area contributed by atoms with Gasteiger partial charge in [-0.05, 0) is 55.3 Å². The SMILES string of the molecule is COC(=O)c1ccc(N(C(=O)c2ccccn2)C(C(=O)NC2CCCCC2)c2ccccc2F)cc1. The first-order valence-electron chi connectivity index (χ1n) is 12.0. The number of ether oxygens (including phenoxy) is 1. The number of benzene rings is 2. The number of amides is 2. The Labute approximate surface area is 209 Å². The van der Waals surface area contributed by atoms with E-state index in [0.29, 0.717) is 5.69 Å². The first-order chi connectivity index (χ1) is 17.5. The summed E-state index contributed by atoms with van der Waals surface area (Å²) >= 11 is 0. The van der Waals surface area contributed by atoms with Gasteiger partial charge in [0.25, 0.3) is 5.91 Å². The summed E-state index contributed by atoms with van der Waals surface area (Å²) in [7, 11) is 1.27. The molecule has 3 aromatic rings. The maximum Gasteiger partial charge on any atom is 0.337 e. The molecule has 0 spiro atoms. The van der Waals surface area contributed by atoms with Gasteiger partial charge in [-0.2, -0.15) is 0 Å². The molecule has 186 valence electrons. The minimum Gasteiger partial charge on any atom is -0.465 e. The van der Waals surface area contributed by atoms with Crippen LogP contribution in [0.25, 0.3) is 0 Å². The summed E-state index contributed by atoms with van der Waals surface area (Å²) in [5, 5.41) is 3.05. The molecular weight excluding hydrogens is 461 g/mol. The van der Waals surface area contributed by atoms with Crippen molar-refractivity contribution in [1.29, 1.82) is 0 Å². The third-order valence-corrected chi connectivity index (χ3v) is 6.33. The number of hydrogen-bond donors (Lipinski definition) is 1. The Morgan fingerprint density at radius 1 is 0.972 bits per heavy atom. The Kier molecular flexibility index (Phi) is 8.05. The first-order valence-corrected chi connectivity index (χ1v) is 12.0. The zero-order valence-corrected chi connectivity index (χ0v) is 20.0. The van der Waals surface area contributed by atoms with Crippen LogP contribution in [0.5, 0.6) is 0 Å². The van der Waals surface area contributed by atoms with Crippen molar-refractivity contribution in [3.05, 3.63) is 95.6 Å². The smallest absolute Gasteiger partial charge is 0.337 e. The molecule has 4 rings (SSSR count). The lowest BCUT2D eigenvalue weighted by atomic mass is 9.94. The van der Waals surface area contributed by atoms with Crippen LogP contribution < -0.4 is 10.2 Å². The van der Waals surface area contributed by atoms with Crippen LogP contribution in [0.1, 0.15) is 64.6 Å². The van der Waals surface area contributed by atoms with Crippen LogP contribution in [0.3, 0.4) is 0 Å². The molecule has 2 aromatic carbocycles. The van der Waals surface area contributed by atoms with Crippen molar-refractivity contribution in [1.82, 2.24) is 10.3 Å². The van der Waals surface area contributed by atoms with E-state index in [1.165, 1.54) is 66.7 Å². The molecule has 1 saturated carbocycles. The summed E-state index contributed by atoms with van der Waals surface area (Å²) in [5.74, 6) is -2.20. The van der Waals surface area contributed by atoms with E-state index in [1.54, 1.807) is 18.2 Å². The summed E-state index contributed by atoms with van der Waals surface area (Å²) in [6.07, 6.45) is 6.25. The molecule has 1 aliphatic carbocycles. The number of hydrogen-bond acceptors (Lipinski definition) is 5. The van der Waals surface area contributed by atoms with Gasteiger partial charge in [0, 0.05) is 23.5 Å². The molecule has 8 heteroatoms. The Balaban J connectivity index is 1.82. The maximum absolute atomic E-state index is 15.1. The number of anilines is 1. The topological polar surface area (TPSA) is 88.6 Å². The van der Waals surface area contributed by atoms with E-state index in [9.17, 15) is 14.4 Å². The van der Waals surface area contributed by atoms with Crippen LogP contribution >= 0.6 is 0 Å². The number of carbonyl (C=O) groups excluding carboxylic acids is 3. The number of rotatable bonds is 7. The number of aromatic nitrogens is 1. The minimum atomic E-state index is -1.30. The van der Waals surface area contributed by atoms with Crippen molar-refractivity contribution in [2.45, 2.75) is 44.2 Å². The molecule has 7 nitrogen and oxygen atoms in total. The van der Waals surface area contributed by atoms with Crippen LogP contribution in [-0.2, 0) is 9.53 Å². The van der Waals surface area contributed by atoms with Crippen molar-refractivity contribution in [3.63, 3.8) is 0 Å². The fraction of sp³-hybridized carbons (Fsp3) is 0.286. The van der Waals surface area contributed by atoms with Crippen molar-refractivity contribution < 1.29 is 23.5 Å². The van der Waals surface area contributed by atoms with Gasteiger partial charge in [-0.15, -0.1) is 0 Å². The molecule has 1 N–H and O–H groups in total. The molecule has 1 aliphatic rings. The van der Waals surface area contributed by atoms with Gasteiger partial charge in [0.2, 0.25) is 5.91 Å². The molecule has 1 atom stereocenters. The summed E-state index contributed by atoms with van der Waals surface area (Å²) in [4.78, 5) is 44.9. The molecule has 1 heterocycles. The van der Waals surface area contributed by atoms with Gasteiger partial charge in [0.05, 0.1) is 12.7 Å². The highest BCUT2D eigenvalue weighted by molar-refractivity contribution is 6.09. The van der Waals surface area contributed by atoms with Gasteiger partial charge >= 0.3 is 5.97 Å². The number of halogens is 1. The molecule has 1 unspecified atom stereocenters. The van der Waals surface area contributed by atoms with E-state index < -0.39 is 29.6 Å². The van der Waals surface area contributed by atoms with E-state index in [1.807, 2.05) is 0 Å². The Bertz CT molecular complexity index is 1210. The molecule has 0 saturated heterocycles. The van der Waals surface area contributed by atoms with Crippen molar-refractivity contribution in [3.8, 4) is 0 Å². The fourth-order valence-electron chi connectivity index (χ4n) is 4.49. The average Bonchev–Trinajstić information content (AvgIpc) is 2.92. The van der Waals surface area contributed by atoms with Gasteiger partial charge in [0.1, 0.15) is 17.6 Å². The van der Waals surface area contributed by atoms with Gasteiger partial charge in [0.15, 0.2) is 0 Å². The molecule has 0 aliphatic heterocycles. The van der Waals surface area contributed by atoms with E-state index >= 15 is 4.39 Å². The Morgan fingerprint density at radius 3 is 2.31 bits per heavy atom. The van der Waals surface area contributed by atoms with Crippen LogP contribution in [0.15, 0.2) is 72.9 Å². The van der Waals surface area contributed by atoms with Gasteiger partial charge < -0.3 is 10.1 Å². The summed E-state index contributed by atoms with van der Waals surface area (Å²) in [5.41, 5.74) is 0.749. The van der Waals surface area contributed by atoms with Crippen molar-refractivity contribution in [2.75, 3.05) is 12.0 Å². The van der Waals surface area contributed by atoms with E-state index in [4.69, 9.17) is 4.74 Å². The molecule has 1 fully saturated rings. The fourth-order valence-corrected chi connectivity index (χ4v) is 4.49. The largest absolute Gasteiger partial charge is 0.465 e. The van der Waals surface area contributed by atoms with E-state index in [0.717, 1.165) is 32.1 Å². The number of nitrogens with one attached hydrogen (secondary N) is 1. The lowest BCUT2D eigenvalue weighted by Gasteiger charge is -2.33. The number of methoxy groups -OCH3 is 1. The van der Waals surface area contributed by atoms with Gasteiger partial charge in [-0.1, -0.05) is 43.5 Å². The van der Waals surface area contributed by atoms with E-state index in [2.05, 4.69) is 10.3 Å². The van der Waals surface area contributed by atoms with Crippen LogP contribution in [0, 0.1) is 5.82 Å². The second-order valence-electron chi connectivity index (χ2n) is 8.70. The second kappa shape index (κ2) is 11.6. The predicted molar refractivity (Wildman–Crippen MR) is 133 cm³/mol. The summed E-state index contributed by atoms with van der Waals surface area (Å²) < 4.78 is 19.9. The number of pyridine rings is 1. The number of nitrogens with zero attached hydrogens (tertiary/aromatic N) is 2. The molecule has 0 bridgehead atoms. The normalized spacial score (nSPS) is 14.5. The highest BCUT2D eigenvalue weighted by atomic mass is 19.1. The van der Waals surface area contributed by atoms with Crippen LogP contribution in [0.2, 0.25) is 0 Å². The monoisotopic (exact) mass is 489 g/mol. The molecular formula is C28H28FN3O4. The maximum atomic E-state index is 15.1. The minimum absolute atomic E-state index is 0.0472. The number of esters is 1. The Hall–Kier alpha value is -4.07. The molecule has 2 amide bonds.